The molecule has 0 spiro atoms. The molecule has 0 amide bonds. The van der Waals surface area contributed by atoms with Gasteiger partial charge in [0.25, 0.3) is 0 Å². The molecule has 0 aliphatic carbocycles. The molecule has 3 aromatic rings. The summed E-state index contributed by atoms with van der Waals surface area (Å²) in [6.45, 7) is 2.15. The third-order valence-electron chi connectivity index (χ3n) is 5.01. The number of hydrogen-bond acceptors (Lipinski definition) is 5. The fraction of sp³-hybridized carbons (Fsp3) is 0.0769. The number of carbonyl (C=O) groups is 1. The highest BCUT2D eigenvalue weighted by Gasteiger charge is 2.24. The summed E-state index contributed by atoms with van der Waals surface area (Å²) in [6.07, 6.45) is 3.67. The number of rotatable bonds is 4. The normalized spacial score (nSPS) is 16.4. The number of carbonyl (C=O) groups excluding carboxylic acids is 1. The van der Waals surface area contributed by atoms with E-state index in [-0.39, 0.29) is 12.5 Å². The van der Waals surface area contributed by atoms with Crippen LogP contribution >= 0.6 is 0 Å². The molecular weight excluding hydrogens is 390 g/mol. The highest BCUT2D eigenvalue weighted by atomic mass is 16.7. The van der Waals surface area contributed by atoms with Gasteiger partial charge in [0.2, 0.25) is 12.7 Å². The maximum Gasteiger partial charge on any atom is 0.363 e. The van der Waals surface area contributed by atoms with Gasteiger partial charge < -0.3 is 14.2 Å². The molecule has 0 N–H and O–H groups in total. The fourth-order valence-corrected chi connectivity index (χ4v) is 3.49. The van der Waals surface area contributed by atoms with Crippen LogP contribution in [0.2, 0.25) is 0 Å². The maximum absolute atomic E-state index is 12.3. The Bertz CT molecular complexity index is 1240. The van der Waals surface area contributed by atoms with E-state index in [0.717, 1.165) is 33.6 Å². The lowest BCUT2D eigenvalue weighted by atomic mass is 10.0. The molecule has 2 heterocycles. The lowest BCUT2D eigenvalue weighted by Crippen LogP contribution is -2.05. The first-order valence-corrected chi connectivity index (χ1v) is 9.92. The van der Waals surface area contributed by atoms with E-state index in [0.29, 0.717) is 11.6 Å². The second-order valence-corrected chi connectivity index (χ2v) is 7.28. The van der Waals surface area contributed by atoms with E-state index in [1.165, 1.54) is 0 Å². The third kappa shape index (κ3) is 3.98. The minimum atomic E-state index is -0.458. The van der Waals surface area contributed by atoms with Gasteiger partial charge in [-0.1, -0.05) is 54.6 Å². The Balaban J connectivity index is 1.36. The SMILES string of the molecule is CC(/C=C1\N=C(c2ccc(-c3ccccc3)cc2)OC1=O)=C\c1ccc2c(c1)OCO2. The van der Waals surface area contributed by atoms with Crippen LogP contribution in [0.3, 0.4) is 0 Å². The molecule has 0 bridgehead atoms. The number of aliphatic imine (C=N–C) groups is 1. The van der Waals surface area contributed by atoms with Crippen LogP contribution in [-0.4, -0.2) is 18.7 Å². The molecule has 0 radical (unpaired) electrons. The number of ether oxygens (including phenoxy) is 3. The van der Waals surface area contributed by atoms with Gasteiger partial charge in [-0.05, 0) is 59.5 Å². The zero-order chi connectivity index (χ0) is 21.2. The number of cyclic esters (lactones) is 1. The van der Waals surface area contributed by atoms with Gasteiger partial charge in [-0.2, -0.15) is 0 Å². The van der Waals surface area contributed by atoms with Gasteiger partial charge in [0.1, 0.15) is 0 Å². The molecule has 5 rings (SSSR count). The maximum atomic E-state index is 12.3. The molecular formula is C26H19NO4. The number of fused-ring (bicyclic) bond motifs is 1. The van der Waals surface area contributed by atoms with Crippen molar-refractivity contribution in [3.05, 3.63) is 101 Å². The lowest BCUT2D eigenvalue weighted by Gasteiger charge is -2.03. The molecule has 31 heavy (non-hydrogen) atoms. The summed E-state index contributed by atoms with van der Waals surface area (Å²) in [4.78, 5) is 16.7. The minimum absolute atomic E-state index is 0.237. The molecule has 152 valence electrons. The largest absolute Gasteiger partial charge is 0.454 e. The van der Waals surface area contributed by atoms with Crippen LogP contribution in [0.4, 0.5) is 0 Å². The molecule has 0 atom stereocenters. The molecule has 0 saturated carbocycles. The quantitative estimate of drug-likeness (QED) is 0.429. The molecule has 0 aromatic heterocycles. The molecule has 5 nitrogen and oxygen atoms in total. The zero-order valence-corrected chi connectivity index (χ0v) is 16.9. The van der Waals surface area contributed by atoms with Crippen molar-refractivity contribution in [3.8, 4) is 22.6 Å². The Morgan fingerprint density at radius 1 is 0.871 bits per heavy atom. The first-order valence-electron chi connectivity index (χ1n) is 9.92. The third-order valence-corrected chi connectivity index (χ3v) is 5.01. The molecule has 0 fully saturated rings. The fourth-order valence-electron chi connectivity index (χ4n) is 3.49. The second kappa shape index (κ2) is 7.95. The number of allylic oxidation sites excluding steroid dienone is 2. The van der Waals surface area contributed by atoms with Crippen molar-refractivity contribution in [2.75, 3.05) is 6.79 Å². The summed E-state index contributed by atoms with van der Waals surface area (Å²) in [5, 5.41) is 0. The molecule has 0 saturated heterocycles. The molecule has 5 heteroatoms. The topological polar surface area (TPSA) is 57.1 Å². The van der Waals surface area contributed by atoms with Gasteiger partial charge in [-0.25, -0.2) is 9.79 Å². The van der Waals surface area contributed by atoms with Gasteiger partial charge in [-0.15, -0.1) is 0 Å². The van der Waals surface area contributed by atoms with Crippen molar-refractivity contribution in [1.29, 1.82) is 0 Å². The van der Waals surface area contributed by atoms with Crippen LogP contribution in [0.25, 0.3) is 17.2 Å². The number of benzene rings is 3. The first kappa shape index (κ1) is 18.9. The lowest BCUT2D eigenvalue weighted by molar-refractivity contribution is -0.130. The number of hydrogen-bond donors (Lipinski definition) is 0. The minimum Gasteiger partial charge on any atom is -0.454 e. The van der Waals surface area contributed by atoms with E-state index in [9.17, 15) is 4.79 Å². The summed E-state index contributed by atoms with van der Waals surface area (Å²) in [6, 6.07) is 23.6. The standard InChI is InChI=1S/C26H19NO4/c1-17(13-18-7-12-23-24(15-18)30-16-29-23)14-22-26(28)31-25(27-22)21-10-8-20(9-11-21)19-5-3-2-4-6-19/h2-15H,16H2,1H3/b17-13+,22-14-. The zero-order valence-electron chi connectivity index (χ0n) is 16.9. The van der Waals surface area contributed by atoms with E-state index < -0.39 is 5.97 Å². The molecule has 0 unspecified atom stereocenters. The van der Waals surface area contributed by atoms with Crippen LogP contribution in [0.5, 0.6) is 11.5 Å². The van der Waals surface area contributed by atoms with E-state index >= 15 is 0 Å². The molecule has 3 aromatic carbocycles. The Hall–Kier alpha value is -4.12. The van der Waals surface area contributed by atoms with Gasteiger partial charge in [-0.3, -0.25) is 0 Å². The van der Waals surface area contributed by atoms with E-state index in [4.69, 9.17) is 14.2 Å². The van der Waals surface area contributed by atoms with Crippen LogP contribution in [0.1, 0.15) is 18.1 Å². The first-order chi connectivity index (χ1) is 15.2. The Kier molecular flexibility index (Phi) is 4.84. The monoisotopic (exact) mass is 409 g/mol. The van der Waals surface area contributed by atoms with Gasteiger partial charge in [0.15, 0.2) is 17.2 Å². The molecule has 2 aliphatic rings. The highest BCUT2D eigenvalue weighted by molar-refractivity contribution is 6.11. The Labute approximate surface area is 179 Å². The van der Waals surface area contributed by atoms with Crippen molar-refractivity contribution in [2.45, 2.75) is 6.92 Å². The van der Waals surface area contributed by atoms with Gasteiger partial charge in [0, 0.05) is 5.56 Å². The van der Waals surface area contributed by atoms with Crippen LogP contribution in [-0.2, 0) is 9.53 Å². The smallest absolute Gasteiger partial charge is 0.363 e. The van der Waals surface area contributed by atoms with Crippen molar-refractivity contribution >= 4 is 17.9 Å². The van der Waals surface area contributed by atoms with Crippen LogP contribution in [0.15, 0.2) is 95.1 Å². The predicted octanol–water partition coefficient (Wildman–Crippen LogP) is 5.37. The van der Waals surface area contributed by atoms with Crippen LogP contribution in [0, 0.1) is 0 Å². The van der Waals surface area contributed by atoms with Crippen molar-refractivity contribution in [2.24, 2.45) is 4.99 Å². The summed E-state index contributed by atoms with van der Waals surface area (Å²) in [5.74, 6) is 1.31. The predicted molar refractivity (Wildman–Crippen MR) is 119 cm³/mol. The number of nitrogens with zero attached hydrogens (tertiary/aromatic N) is 1. The summed E-state index contributed by atoms with van der Waals surface area (Å²) in [7, 11) is 0. The summed E-state index contributed by atoms with van der Waals surface area (Å²) in [5.41, 5.74) is 5.07. The molecule has 2 aliphatic heterocycles. The van der Waals surface area contributed by atoms with Crippen LogP contribution < -0.4 is 9.47 Å². The number of esters is 1. The summed E-state index contributed by atoms with van der Waals surface area (Å²) >= 11 is 0. The van der Waals surface area contributed by atoms with Crippen molar-refractivity contribution < 1.29 is 19.0 Å². The van der Waals surface area contributed by atoms with E-state index in [1.807, 2.05) is 73.7 Å². The van der Waals surface area contributed by atoms with Gasteiger partial charge in [0.05, 0.1) is 0 Å². The highest BCUT2D eigenvalue weighted by Crippen LogP contribution is 2.33. The van der Waals surface area contributed by atoms with Crippen molar-refractivity contribution in [1.82, 2.24) is 0 Å². The second-order valence-electron chi connectivity index (χ2n) is 7.28. The Morgan fingerprint density at radius 2 is 1.58 bits per heavy atom. The Morgan fingerprint density at radius 3 is 2.39 bits per heavy atom. The average molecular weight is 409 g/mol. The van der Waals surface area contributed by atoms with E-state index in [2.05, 4.69) is 17.1 Å². The summed E-state index contributed by atoms with van der Waals surface area (Å²) < 4.78 is 16.1. The average Bonchev–Trinajstić information content (AvgIpc) is 3.41. The van der Waals surface area contributed by atoms with Crippen molar-refractivity contribution in [3.63, 3.8) is 0 Å². The van der Waals surface area contributed by atoms with E-state index in [1.54, 1.807) is 6.08 Å². The van der Waals surface area contributed by atoms with Gasteiger partial charge >= 0.3 is 5.97 Å².